The largest absolute Gasteiger partial charge is 0.350 e. The minimum atomic E-state index is -0.326. The summed E-state index contributed by atoms with van der Waals surface area (Å²) in [5.41, 5.74) is 2.29. The van der Waals surface area contributed by atoms with E-state index in [-0.39, 0.29) is 16.3 Å². The molecule has 0 atom stereocenters. The van der Waals surface area contributed by atoms with Gasteiger partial charge in [0, 0.05) is 26.2 Å². The third-order valence-electron chi connectivity index (χ3n) is 4.55. The fourth-order valence-corrected chi connectivity index (χ4v) is 3.46. The summed E-state index contributed by atoms with van der Waals surface area (Å²) in [6.45, 7) is 0. The van der Waals surface area contributed by atoms with Crippen molar-refractivity contribution < 1.29 is 4.92 Å². The molecule has 1 aliphatic carbocycles. The number of benzene rings is 1. The van der Waals surface area contributed by atoms with E-state index >= 15 is 0 Å². The molecule has 3 rings (SSSR count). The Kier molecular flexibility index (Phi) is 2.27. The van der Waals surface area contributed by atoms with Crippen molar-refractivity contribution in [2.24, 2.45) is 0 Å². The highest BCUT2D eigenvalue weighted by atomic mass is 16.6. The lowest BCUT2D eigenvalue weighted by atomic mass is 10.1. The number of hydrogen-bond acceptors (Lipinski definition) is 4. The molecule has 1 saturated carbocycles. The van der Waals surface area contributed by atoms with Crippen LogP contribution in [0.1, 0.15) is 25.7 Å². The minimum absolute atomic E-state index is 0.0392. The summed E-state index contributed by atoms with van der Waals surface area (Å²) in [6.07, 6.45) is 4.71. The van der Waals surface area contributed by atoms with E-state index in [0.717, 1.165) is 24.2 Å². The Labute approximate surface area is 106 Å². The van der Waals surface area contributed by atoms with Gasteiger partial charge < -0.3 is 9.80 Å². The number of nitro groups is 1. The van der Waals surface area contributed by atoms with Gasteiger partial charge in [-0.1, -0.05) is 0 Å². The van der Waals surface area contributed by atoms with Crippen LogP contribution in [-0.4, -0.2) is 24.7 Å². The summed E-state index contributed by atoms with van der Waals surface area (Å²) in [7, 11) is 4.15. The number of rotatable bonds is 1. The van der Waals surface area contributed by atoms with Crippen molar-refractivity contribution >= 4 is 17.1 Å². The number of fused-ring (bicyclic) bond motifs is 1. The second-order valence-electron chi connectivity index (χ2n) is 5.24. The van der Waals surface area contributed by atoms with Gasteiger partial charge in [-0.05, 0) is 31.7 Å². The van der Waals surface area contributed by atoms with Gasteiger partial charge in [0.2, 0.25) is 0 Å². The molecule has 0 radical (unpaired) electrons. The Bertz CT molecular complexity index is 509. The van der Waals surface area contributed by atoms with E-state index in [1.165, 1.54) is 12.8 Å². The van der Waals surface area contributed by atoms with Crippen molar-refractivity contribution in [3.63, 3.8) is 0 Å². The molecule has 1 aromatic carbocycles. The first-order chi connectivity index (χ1) is 8.56. The molecule has 5 heteroatoms. The normalized spacial score (nSPS) is 20.6. The van der Waals surface area contributed by atoms with E-state index in [2.05, 4.69) is 23.9 Å². The highest BCUT2D eigenvalue weighted by molar-refractivity contribution is 5.81. The van der Waals surface area contributed by atoms with Crippen molar-refractivity contribution in [3.8, 4) is 0 Å². The summed E-state index contributed by atoms with van der Waals surface area (Å²) in [5.74, 6) is 0. The summed E-state index contributed by atoms with van der Waals surface area (Å²) in [4.78, 5) is 15.1. The topological polar surface area (TPSA) is 49.6 Å². The average Bonchev–Trinajstić information content (AvgIpc) is 2.92. The smallest absolute Gasteiger partial charge is 0.271 e. The van der Waals surface area contributed by atoms with E-state index in [9.17, 15) is 10.1 Å². The number of hydrogen-bond donors (Lipinski definition) is 0. The minimum Gasteiger partial charge on any atom is -0.350 e. The Morgan fingerprint density at radius 3 is 2.39 bits per heavy atom. The summed E-state index contributed by atoms with van der Waals surface area (Å²) >= 11 is 0. The predicted octanol–water partition coefficient (Wildman–Crippen LogP) is 2.75. The zero-order valence-electron chi connectivity index (χ0n) is 10.7. The summed E-state index contributed by atoms with van der Waals surface area (Å²) in [5, 5.41) is 10.9. The molecule has 2 aliphatic rings. The Hall–Kier alpha value is -1.78. The van der Waals surface area contributed by atoms with Gasteiger partial charge in [-0.15, -0.1) is 0 Å². The quantitative estimate of drug-likeness (QED) is 0.565. The van der Waals surface area contributed by atoms with Crippen LogP contribution in [0.5, 0.6) is 0 Å². The summed E-state index contributed by atoms with van der Waals surface area (Å²) in [6, 6.07) is 5.16. The standard InChI is InChI=1S/C13H17N3O2/c1-14-11-6-5-10(16(17)18)9-12(11)15(2)13(14)7-3-4-8-13/h5-6,9H,3-4,7-8H2,1-2H3. The molecule has 0 saturated heterocycles. The molecule has 1 heterocycles. The lowest BCUT2D eigenvalue weighted by Crippen LogP contribution is -2.52. The van der Waals surface area contributed by atoms with Crippen LogP contribution in [-0.2, 0) is 0 Å². The first-order valence-corrected chi connectivity index (χ1v) is 6.32. The molecule has 1 aliphatic heterocycles. The average molecular weight is 247 g/mol. The van der Waals surface area contributed by atoms with Crippen LogP contribution >= 0.6 is 0 Å². The molecule has 0 unspecified atom stereocenters. The summed E-state index contributed by atoms with van der Waals surface area (Å²) < 4.78 is 0. The third kappa shape index (κ3) is 1.27. The van der Waals surface area contributed by atoms with Gasteiger partial charge in [0.25, 0.3) is 5.69 Å². The van der Waals surface area contributed by atoms with E-state index < -0.39 is 0 Å². The van der Waals surface area contributed by atoms with Crippen molar-refractivity contribution in [1.82, 2.24) is 0 Å². The van der Waals surface area contributed by atoms with Crippen molar-refractivity contribution in [1.29, 1.82) is 0 Å². The molecular weight excluding hydrogens is 230 g/mol. The maximum Gasteiger partial charge on any atom is 0.271 e. The van der Waals surface area contributed by atoms with E-state index in [1.807, 2.05) is 6.07 Å². The van der Waals surface area contributed by atoms with Crippen LogP contribution in [0.15, 0.2) is 18.2 Å². The fraction of sp³-hybridized carbons (Fsp3) is 0.538. The second kappa shape index (κ2) is 3.60. The molecular formula is C13H17N3O2. The lowest BCUT2D eigenvalue weighted by molar-refractivity contribution is -0.384. The lowest BCUT2D eigenvalue weighted by Gasteiger charge is -2.39. The van der Waals surface area contributed by atoms with Gasteiger partial charge in [-0.25, -0.2) is 0 Å². The molecule has 0 N–H and O–H groups in total. The SMILES string of the molecule is CN1c2ccc([N+](=O)[O-])cc2N(C)C12CCCC2. The number of anilines is 2. The number of nitrogens with zero attached hydrogens (tertiary/aromatic N) is 3. The van der Waals surface area contributed by atoms with Gasteiger partial charge in [0.15, 0.2) is 0 Å². The van der Waals surface area contributed by atoms with Crippen molar-refractivity contribution in [2.45, 2.75) is 31.3 Å². The van der Waals surface area contributed by atoms with E-state index in [0.29, 0.717) is 0 Å². The highest BCUT2D eigenvalue weighted by Gasteiger charge is 2.47. The maximum atomic E-state index is 10.9. The molecule has 0 bridgehead atoms. The molecule has 96 valence electrons. The zero-order valence-corrected chi connectivity index (χ0v) is 10.7. The first kappa shape index (κ1) is 11.3. The van der Waals surface area contributed by atoms with Crippen LogP contribution in [0, 0.1) is 10.1 Å². The number of non-ortho nitro benzene ring substituents is 1. The van der Waals surface area contributed by atoms with Crippen LogP contribution in [0.4, 0.5) is 17.1 Å². The van der Waals surface area contributed by atoms with Crippen LogP contribution in [0.25, 0.3) is 0 Å². The van der Waals surface area contributed by atoms with Gasteiger partial charge in [0.05, 0.1) is 16.3 Å². The van der Waals surface area contributed by atoms with Gasteiger partial charge in [-0.3, -0.25) is 10.1 Å². The predicted molar refractivity (Wildman–Crippen MR) is 71.1 cm³/mol. The molecule has 0 aromatic heterocycles. The monoisotopic (exact) mass is 247 g/mol. The Balaban J connectivity index is 2.09. The van der Waals surface area contributed by atoms with Crippen molar-refractivity contribution in [2.75, 3.05) is 23.9 Å². The molecule has 0 amide bonds. The number of nitro benzene ring substituents is 1. The molecule has 1 spiro atoms. The van der Waals surface area contributed by atoms with Crippen molar-refractivity contribution in [3.05, 3.63) is 28.3 Å². The molecule has 5 nitrogen and oxygen atoms in total. The van der Waals surface area contributed by atoms with Crippen LogP contribution in [0.2, 0.25) is 0 Å². The fourth-order valence-electron chi connectivity index (χ4n) is 3.46. The highest BCUT2D eigenvalue weighted by Crippen LogP contribution is 2.51. The van der Waals surface area contributed by atoms with Gasteiger partial charge in [-0.2, -0.15) is 0 Å². The van der Waals surface area contributed by atoms with E-state index in [1.54, 1.807) is 12.1 Å². The molecule has 1 aromatic rings. The van der Waals surface area contributed by atoms with Crippen LogP contribution < -0.4 is 9.80 Å². The zero-order chi connectivity index (χ0) is 12.9. The first-order valence-electron chi connectivity index (χ1n) is 6.32. The van der Waals surface area contributed by atoms with Gasteiger partial charge in [0.1, 0.15) is 5.66 Å². The molecule has 18 heavy (non-hydrogen) atoms. The van der Waals surface area contributed by atoms with Crippen LogP contribution in [0.3, 0.4) is 0 Å². The third-order valence-corrected chi connectivity index (χ3v) is 4.55. The Morgan fingerprint density at radius 1 is 1.17 bits per heavy atom. The maximum absolute atomic E-state index is 10.9. The molecule has 1 fully saturated rings. The van der Waals surface area contributed by atoms with Gasteiger partial charge >= 0.3 is 0 Å². The second-order valence-corrected chi connectivity index (χ2v) is 5.24. The van der Waals surface area contributed by atoms with E-state index in [4.69, 9.17) is 0 Å². The Morgan fingerprint density at radius 2 is 1.78 bits per heavy atom.